The highest BCUT2D eigenvalue weighted by Crippen LogP contribution is 2.43. The minimum absolute atomic E-state index is 0.0467. The summed E-state index contributed by atoms with van der Waals surface area (Å²) in [6, 6.07) is -0.875. The molecule has 0 saturated heterocycles. The number of carbonyl (C=O) groups excluding carboxylic acids is 1. The van der Waals surface area contributed by atoms with E-state index < -0.39 is 20.0 Å². The molecule has 0 heterocycles. The van der Waals surface area contributed by atoms with E-state index >= 15 is 0 Å². The first-order valence-corrected chi connectivity index (χ1v) is 22.6. The summed E-state index contributed by atoms with van der Waals surface area (Å²) in [5.41, 5.74) is 0. The third kappa shape index (κ3) is 39.5. The number of aliphatic hydroxyl groups is 1. The predicted octanol–water partition coefficient (Wildman–Crippen LogP) is 11.6. The van der Waals surface area contributed by atoms with E-state index in [9.17, 15) is 19.4 Å². The van der Waals surface area contributed by atoms with E-state index in [0.717, 1.165) is 89.9 Å². The van der Waals surface area contributed by atoms with E-state index in [2.05, 4.69) is 104 Å². The summed E-state index contributed by atoms with van der Waals surface area (Å²) in [5, 5.41) is 13.7. The molecule has 9 heteroatoms. The molecule has 55 heavy (non-hydrogen) atoms. The molecule has 0 rings (SSSR count). The van der Waals surface area contributed by atoms with Gasteiger partial charge in [-0.1, -0.05) is 150 Å². The molecule has 0 saturated carbocycles. The molecule has 0 aromatic carbocycles. The molecule has 8 nitrogen and oxygen atoms in total. The molecule has 1 amide bonds. The fourth-order valence-electron chi connectivity index (χ4n) is 5.16. The number of hydrogen-bond acceptors (Lipinski definition) is 5. The Labute approximate surface area is 337 Å². The van der Waals surface area contributed by atoms with Gasteiger partial charge in [-0.15, -0.1) is 0 Å². The van der Waals surface area contributed by atoms with E-state index in [0.29, 0.717) is 17.4 Å². The Morgan fingerprint density at radius 1 is 0.636 bits per heavy atom. The van der Waals surface area contributed by atoms with Gasteiger partial charge in [-0.3, -0.25) is 13.8 Å². The first-order valence-electron chi connectivity index (χ1n) is 21.1. The lowest BCUT2D eigenvalue weighted by Crippen LogP contribution is -2.45. The van der Waals surface area contributed by atoms with Crippen molar-refractivity contribution in [2.45, 2.75) is 148 Å². The van der Waals surface area contributed by atoms with Crippen LogP contribution in [0, 0.1) is 0 Å². The van der Waals surface area contributed by atoms with Crippen LogP contribution in [-0.2, 0) is 18.4 Å². The molecular formula is C46H80N2O6P+. The molecule has 0 aliphatic rings. The van der Waals surface area contributed by atoms with Crippen LogP contribution in [0.3, 0.4) is 0 Å². The zero-order valence-corrected chi connectivity index (χ0v) is 36.3. The van der Waals surface area contributed by atoms with Gasteiger partial charge < -0.3 is 19.8 Å². The Bertz CT molecular complexity index is 1210. The van der Waals surface area contributed by atoms with E-state index in [-0.39, 0.29) is 19.1 Å². The minimum atomic E-state index is -4.35. The second kappa shape index (κ2) is 37.0. The van der Waals surface area contributed by atoms with Crippen LogP contribution < -0.4 is 5.32 Å². The second-order valence-corrected chi connectivity index (χ2v) is 16.4. The zero-order chi connectivity index (χ0) is 40.7. The molecule has 0 fully saturated rings. The van der Waals surface area contributed by atoms with E-state index in [1.165, 1.54) is 25.7 Å². The normalized spacial score (nSPS) is 15.4. The van der Waals surface area contributed by atoms with E-state index in [1.807, 2.05) is 27.2 Å². The number of amides is 1. The Hall–Kier alpha value is -2.58. The van der Waals surface area contributed by atoms with Gasteiger partial charge in [0.15, 0.2) is 0 Å². The van der Waals surface area contributed by atoms with Crippen molar-refractivity contribution in [2.24, 2.45) is 0 Å². The van der Waals surface area contributed by atoms with Crippen molar-refractivity contribution < 1.29 is 32.9 Å². The minimum Gasteiger partial charge on any atom is -0.387 e. The molecule has 3 atom stereocenters. The van der Waals surface area contributed by atoms with Gasteiger partial charge in [0.25, 0.3) is 0 Å². The number of phosphoric ester groups is 1. The van der Waals surface area contributed by atoms with Gasteiger partial charge in [-0.05, 0) is 77.0 Å². The maximum absolute atomic E-state index is 12.8. The number of nitrogens with one attached hydrogen (secondary N) is 1. The van der Waals surface area contributed by atoms with Crippen LogP contribution in [0.1, 0.15) is 136 Å². The lowest BCUT2D eigenvalue weighted by atomic mass is 10.1. The molecule has 3 N–H and O–H groups in total. The molecule has 314 valence electrons. The average molecular weight is 788 g/mol. The summed E-state index contributed by atoms with van der Waals surface area (Å²) >= 11 is 0. The van der Waals surface area contributed by atoms with Crippen molar-refractivity contribution >= 4 is 13.7 Å². The molecule has 0 bridgehead atoms. The van der Waals surface area contributed by atoms with Gasteiger partial charge in [0.1, 0.15) is 13.2 Å². The summed E-state index contributed by atoms with van der Waals surface area (Å²) in [6.07, 6.45) is 52.1. The SMILES string of the molecule is CC/C=C\C/C=C\C/C=C\C/C=C\C/C=C\C/C=C\CCCCCCCCC(=O)NC(COP(=O)(O)OCC[N+](C)(C)C)C(O)/C=C/CC/C=C/CCCC. The Kier molecular flexibility index (Phi) is 35.3. The third-order valence-electron chi connectivity index (χ3n) is 8.54. The number of hydrogen-bond donors (Lipinski definition) is 3. The van der Waals surface area contributed by atoms with Crippen molar-refractivity contribution in [3.8, 4) is 0 Å². The number of phosphoric acid groups is 1. The second-order valence-electron chi connectivity index (χ2n) is 15.0. The van der Waals surface area contributed by atoms with Crippen molar-refractivity contribution in [3.05, 3.63) is 97.2 Å². The number of aliphatic hydroxyl groups excluding tert-OH is 1. The molecular weight excluding hydrogens is 707 g/mol. The van der Waals surface area contributed by atoms with Crippen LogP contribution in [0.4, 0.5) is 0 Å². The van der Waals surface area contributed by atoms with Crippen molar-refractivity contribution in [3.63, 3.8) is 0 Å². The summed E-state index contributed by atoms with van der Waals surface area (Å²) < 4.78 is 23.4. The molecule has 0 radical (unpaired) electrons. The standard InChI is InChI=1S/C46H79N2O6P/c1-6-8-10-12-14-16-17-18-19-20-21-22-23-24-25-26-27-28-29-30-31-32-34-36-38-40-46(50)47-44(43-54-55(51,52)53-42-41-48(3,4)5)45(49)39-37-35-33-15-13-11-9-7-2/h8,10,13-16,18-19,21-22,24-25,27-28,37,39,44-45,49H,6-7,9,11-12,17,20,23,26,29-36,38,40-43H2,1-5H3,(H-,47,50,51,52)/p+1/b10-8-,15-13+,16-14-,19-18-,22-21-,25-24-,28-27-,39-37+. The van der Waals surface area contributed by atoms with Gasteiger partial charge in [0.05, 0.1) is 39.9 Å². The van der Waals surface area contributed by atoms with Crippen molar-refractivity contribution in [1.82, 2.24) is 5.32 Å². The highest BCUT2D eigenvalue weighted by Gasteiger charge is 2.27. The number of unbranched alkanes of at least 4 members (excludes halogenated alkanes) is 9. The number of quaternary nitrogens is 1. The lowest BCUT2D eigenvalue weighted by Gasteiger charge is -2.25. The molecule has 3 unspecified atom stereocenters. The first kappa shape index (κ1) is 52.4. The molecule has 0 spiro atoms. The quantitative estimate of drug-likeness (QED) is 0.0253. The van der Waals surface area contributed by atoms with Crippen LogP contribution in [0.15, 0.2) is 97.2 Å². The number of nitrogens with zero attached hydrogens (tertiary/aromatic N) is 1. The maximum Gasteiger partial charge on any atom is 0.472 e. The van der Waals surface area contributed by atoms with Crippen LogP contribution in [0.2, 0.25) is 0 Å². The van der Waals surface area contributed by atoms with Gasteiger partial charge in [-0.2, -0.15) is 0 Å². The fraction of sp³-hybridized carbons (Fsp3) is 0.630. The summed E-state index contributed by atoms with van der Waals surface area (Å²) in [5.74, 6) is -0.212. The van der Waals surface area contributed by atoms with E-state index in [4.69, 9.17) is 9.05 Å². The summed E-state index contributed by atoms with van der Waals surface area (Å²) in [7, 11) is 1.52. The maximum atomic E-state index is 12.8. The number of rotatable bonds is 36. The summed E-state index contributed by atoms with van der Waals surface area (Å²) in [4.78, 5) is 23.0. The smallest absolute Gasteiger partial charge is 0.387 e. The van der Waals surface area contributed by atoms with Crippen molar-refractivity contribution in [2.75, 3.05) is 40.9 Å². The molecule has 0 aliphatic heterocycles. The number of allylic oxidation sites excluding steroid dienone is 15. The average Bonchev–Trinajstić information content (AvgIpc) is 3.13. The van der Waals surface area contributed by atoms with Gasteiger partial charge in [-0.25, -0.2) is 4.57 Å². The summed E-state index contributed by atoms with van der Waals surface area (Å²) in [6.45, 7) is 4.55. The lowest BCUT2D eigenvalue weighted by molar-refractivity contribution is -0.870. The largest absolute Gasteiger partial charge is 0.472 e. The monoisotopic (exact) mass is 788 g/mol. The van der Waals surface area contributed by atoms with Crippen LogP contribution >= 0.6 is 7.82 Å². The van der Waals surface area contributed by atoms with E-state index in [1.54, 1.807) is 6.08 Å². The highest BCUT2D eigenvalue weighted by atomic mass is 31.2. The topological polar surface area (TPSA) is 105 Å². The third-order valence-corrected chi connectivity index (χ3v) is 9.52. The van der Waals surface area contributed by atoms with Crippen LogP contribution in [0.25, 0.3) is 0 Å². The number of carbonyl (C=O) groups is 1. The highest BCUT2D eigenvalue weighted by molar-refractivity contribution is 7.47. The van der Waals surface area contributed by atoms with Crippen molar-refractivity contribution in [1.29, 1.82) is 0 Å². The zero-order valence-electron chi connectivity index (χ0n) is 35.4. The first-order chi connectivity index (χ1) is 26.5. The van der Waals surface area contributed by atoms with Crippen LogP contribution in [-0.4, -0.2) is 73.4 Å². The Morgan fingerprint density at radius 2 is 1.11 bits per heavy atom. The Morgan fingerprint density at radius 3 is 1.67 bits per heavy atom. The molecule has 0 aliphatic carbocycles. The molecule has 0 aromatic rings. The Balaban J connectivity index is 4.32. The predicted molar refractivity (Wildman–Crippen MR) is 235 cm³/mol. The van der Waals surface area contributed by atoms with Gasteiger partial charge in [0, 0.05) is 6.42 Å². The number of likely N-dealkylation sites (N-methyl/N-ethyl adjacent to an activating group) is 1. The van der Waals surface area contributed by atoms with Gasteiger partial charge >= 0.3 is 7.82 Å². The van der Waals surface area contributed by atoms with Crippen LogP contribution in [0.5, 0.6) is 0 Å². The fourth-order valence-corrected chi connectivity index (χ4v) is 5.90. The van der Waals surface area contributed by atoms with Gasteiger partial charge in [0.2, 0.25) is 5.91 Å². The molecule has 0 aromatic heterocycles.